The number of ether oxygens (including phenoxy) is 2. The number of rotatable bonds is 12. The van der Waals surface area contributed by atoms with Crippen molar-refractivity contribution in [1.82, 2.24) is 15.5 Å². The van der Waals surface area contributed by atoms with E-state index >= 15 is 0 Å². The fourth-order valence-corrected chi connectivity index (χ4v) is 5.55. The third-order valence-electron chi connectivity index (χ3n) is 7.22. The van der Waals surface area contributed by atoms with Gasteiger partial charge in [0, 0.05) is 48.1 Å². The first-order chi connectivity index (χ1) is 18.7. The van der Waals surface area contributed by atoms with Crippen LogP contribution in [0, 0.1) is 5.41 Å². The number of piperidine rings is 1. The van der Waals surface area contributed by atoms with Gasteiger partial charge in [0.25, 0.3) is 0 Å². The third kappa shape index (κ3) is 8.87. The standard InChI is InChI=1S/C30H44Cl2N4O4/c1-8-33-27(34-13-16-39-24-10-9-20(31)17-21(24)32)22-18-23(36-14-11-30(6,7)12-15-36)25(19(2)35-22)26(28(37)38)40-29(3,4)5/h8-10,17,22,26-27,33-34H,1,11-16,18H2,2-7H3,(H,37,38)/t22?,26-,27-/m0/s1. The summed E-state index contributed by atoms with van der Waals surface area (Å²) in [7, 11) is 0. The largest absolute Gasteiger partial charge is 0.491 e. The minimum atomic E-state index is -1.11. The third-order valence-corrected chi connectivity index (χ3v) is 7.75. The van der Waals surface area contributed by atoms with Crippen LogP contribution in [-0.2, 0) is 9.53 Å². The minimum absolute atomic E-state index is 0.199. The number of nitrogens with zero attached hydrogens (tertiary/aromatic N) is 2. The lowest BCUT2D eigenvalue weighted by Crippen LogP contribution is -2.52. The summed E-state index contributed by atoms with van der Waals surface area (Å²) in [5.74, 6) is -0.446. The molecule has 2 heterocycles. The summed E-state index contributed by atoms with van der Waals surface area (Å²) in [6.45, 7) is 18.5. The first kappa shape index (κ1) is 32.3. The van der Waals surface area contributed by atoms with Crippen molar-refractivity contribution in [2.75, 3.05) is 26.2 Å². The number of dihydropyridines is 1. The van der Waals surface area contributed by atoms with Crippen molar-refractivity contribution in [3.63, 3.8) is 0 Å². The quantitative estimate of drug-likeness (QED) is 0.205. The molecule has 0 amide bonds. The Kier molecular flexibility index (Phi) is 11.0. The first-order valence-corrected chi connectivity index (χ1v) is 14.6. The topological polar surface area (TPSA) is 95.4 Å². The zero-order chi connectivity index (χ0) is 29.7. The summed E-state index contributed by atoms with van der Waals surface area (Å²) in [6.07, 6.45) is 2.91. The van der Waals surface area contributed by atoms with Crippen molar-refractivity contribution in [3.8, 4) is 5.75 Å². The van der Waals surface area contributed by atoms with Crippen LogP contribution in [0.25, 0.3) is 0 Å². The molecule has 222 valence electrons. The van der Waals surface area contributed by atoms with Crippen LogP contribution < -0.4 is 15.4 Å². The number of hydrogen-bond donors (Lipinski definition) is 3. The number of benzene rings is 1. The van der Waals surface area contributed by atoms with E-state index in [2.05, 4.69) is 36.0 Å². The molecule has 0 aliphatic carbocycles. The Morgan fingerprint density at radius 3 is 2.55 bits per heavy atom. The SMILES string of the molecule is C=CN[C@@H](NCCOc1ccc(Cl)cc1Cl)C1CC(N2CCC(C)(C)CC2)=C([C@H](OC(C)(C)C)C(=O)O)C(C)=N1. The monoisotopic (exact) mass is 594 g/mol. The number of aliphatic carboxylic acids is 1. The molecule has 40 heavy (non-hydrogen) atoms. The van der Waals surface area contributed by atoms with Crippen LogP contribution in [0.2, 0.25) is 10.0 Å². The molecule has 2 aliphatic heterocycles. The summed E-state index contributed by atoms with van der Waals surface area (Å²) >= 11 is 12.2. The van der Waals surface area contributed by atoms with Gasteiger partial charge in [0.1, 0.15) is 12.4 Å². The highest BCUT2D eigenvalue weighted by molar-refractivity contribution is 6.35. The van der Waals surface area contributed by atoms with Gasteiger partial charge in [0.15, 0.2) is 6.10 Å². The molecule has 2 aliphatic rings. The molecule has 3 rings (SSSR count). The van der Waals surface area contributed by atoms with E-state index < -0.39 is 17.7 Å². The Morgan fingerprint density at radius 1 is 1.30 bits per heavy atom. The van der Waals surface area contributed by atoms with Crippen molar-refractivity contribution < 1.29 is 19.4 Å². The minimum Gasteiger partial charge on any atom is -0.491 e. The number of aliphatic imine (C=N–C) groups is 1. The van der Waals surface area contributed by atoms with Gasteiger partial charge < -0.3 is 24.8 Å². The summed E-state index contributed by atoms with van der Waals surface area (Å²) in [6, 6.07) is 4.93. The molecule has 0 saturated carbocycles. The van der Waals surface area contributed by atoms with Crippen LogP contribution in [0.4, 0.5) is 0 Å². The van der Waals surface area contributed by atoms with Crippen molar-refractivity contribution in [1.29, 1.82) is 0 Å². The fraction of sp³-hybridized carbons (Fsp3) is 0.600. The number of halogens is 2. The zero-order valence-corrected chi connectivity index (χ0v) is 26.0. The van der Waals surface area contributed by atoms with Gasteiger partial charge in [0.2, 0.25) is 0 Å². The fourth-order valence-electron chi connectivity index (χ4n) is 5.08. The summed E-state index contributed by atoms with van der Waals surface area (Å²) < 4.78 is 11.9. The van der Waals surface area contributed by atoms with E-state index in [1.165, 1.54) is 0 Å². The molecule has 0 spiro atoms. The maximum Gasteiger partial charge on any atom is 0.337 e. The summed E-state index contributed by atoms with van der Waals surface area (Å²) in [5.41, 5.74) is 1.95. The molecule has 0 bridgehead atoms. The van der Waals surface area contributed by atoms with Gasteiger partial charge in [-0.2, -0.15) is 0 Å². The summed E-state index contributed by atoms with van der Waals surface area (Å²) in [5, 5.41) is 18.0. The van der Waals surface area contributed by atoms with Gasteiger partial charge in [-0.25, -0.2) is 4.79 Å². The van der Waals surface area contributed by atoms with Gasteiger partial charge in [-0.1, -0.05) is 43.6 Å². The van der Waals surface area contributed by atoms with Gasteiger partial charge in [0.05, 0.1) is 22.8 Å². The van der Waals surface area contributed by atoms with E-state index in [0.29, 0.717) is 46.7 Å². The molecule has 1 aromatic carbocycles. The van der Waals surface area contributed by atoms with E-state index in [-0.39, 0.29) is 17.6 Å². The van der Waals surface area contributed by atoms with E-state index in [0.717, 1.165) is 31.6 Å². The van der Waals surface area contributed by atoms with E-state index in [1.54, 1.807) is 24.4 Å². The lowest BCUT2D eigenvalue weighted by molar-refractivity contribution is -0.155. The normalized spacial score (nSPS) is 20.9. The Morgan fingerprint density at radius 2 is 1.98 bits per heavy atom. The molecular formula is C30H44Cl2N4O4. The summed E-state index contributed by atoms with van der Waals surface area (Å²) in [4.78, 5) is 19.8. The highest BCUT2D eigenvalue weighted by atomic mass is 35.5. The zero-order valence-electron chi connectivity index (χ0n) is 24.5. The van der Waals surface area contributed by atoms with Gasteiger partial charge in [-0.05, 0) is 70.4 Å². The molecule has 1 saturated heterocycles. The Balaban J connectivity index is 1.83. The maximum absolute atomic E-state index is 12.5. The van der Waals surface area contributed by atoms with E-state index in [9.17, 15) is 9.90 Å². The predicted octanol–water partition coefficient (Wildman–Crippen LogP) is 5.90. The Hall–Kier alpha value is -2.26. The van der Waals surface area contributed by atoms with E-state index in [4.69, 9.17) is 37.7 Å². The van der Waals surface area contributed by atoms with E-state index in [1.807, 2.05) is 27.7 Å². The molecule has 3 N–H and O–H groups in total. The molecule has 0 aromatic heterocycles. The highest BCUT2D eigenvalue weighted by Gasteiger charge is 2.39. The number of carboxylic acids is 1. The van der Waals surface area contributed by atoms with Crippen LogP contribution >= 0.6 is 23.2 Å². The highest BCUT2D eigenvalue weighted by Crippen LogP contribution is 2.36. The van der Waals surface area contributed by atoms with Crippen LogP contribution in [0.1, 0.15) is 60.8 Å². The molecule has 1 aromatic rings. The Labute approximate surface area is 248 Å². The maximum atomic E-state index is 12.5. The second kappa shape index (κ2) is 13.6. The second-order valence-corrected chi connectivity index (χ2v) is 13.0. The molecule has 1 unspecified atom stereocenters. The van der Waals surface area contributed by atoms with Crippen LogP contribution in [0.5, 0.6) is 5.75 Å². The van der Waals surface area contributed by atoms with Crippen molar-refractivity contribution in [2.45, 2.75) is 84.7 Å². The van der Waals surface area contributed by atoms with Gasteiger partial charge >= 0.3 is 5.97 Å². The van der Waals surface area contributed by atoms with Crippen molar-refractivity contribution in [2.24, 2.45) is 10.4 Å². The smallest absolute Gasteiger partial charge is 0.337 e. The molecule has 8 nitrogen and oxygen atoms in total. The first-order valence-electron chi connectivity index (χ1n) is 13.8. The molecule has 10 heteroatoms. The van der Waals surface area contributed by atoms with Crippen LogP contribution in [0.15, 0.2) is 47.2 Å². The average molecular weight is 596 g/mol. The van der Waals surface area contributed by atoms with Crippen molar-refractivity contribution >= 4 is 34.9 Å². The van der Waals surface area contributed by atoms with Crippen molar-refractivity contribution in [3.05, 3.63) is 52.3 Å². The second-order valence-electron chi connectivity index (χ2n) is 12.2. The predicted molar refractivity (Wildman–Crippen MR) is 162 cm³/mol. The number of carbonyl (C=O) groups is 1. The molecule has 0 radical (unpaired) electrons. The van der Waals surface area contributed by atoms with Gasteiger partial charge in [-0.15, -0.1) is 0 Å². The molecule has 3 atom stereocenters. The Bertz CT molecular complexity index is 1120. The number of likely N-dealkylation sites (tertiary alicyclic amines) is 1. The van der Waals surface area contributed by atoms with Crippen LogP contribution in [-0.4, -0.2) is 71.8 Å². The number of carboxylic acid groups (broad SMARTS) is 1. The average Bonchev–Trinajstić information content (AvgIpc) is 2.84. The molecular weight excluding hydrogens is 551 g/mol. The molecule has 1 fully saturated rings. The van der Waals surface area contributed by atoms with Crippen LogP contribution in [0.3, 0.4) is 0 Å². The van der Waals surface area contributed by atoms with Gasteiger partial charge in [-0.3, -0.25) is 10.3 Å². The number of hydrogen-bond acceptors (Lipinski definition) is 7. The lowest BCUT2D eigenvalue weighted by atomic mass is 9.81. The number of nitrogens with one attached hydrogen (secondary N) is 2. The lowest BCUT2D eigenvalue weighted by Gasteiger charge is -2.43.